The lowest BCUT2D eigenvalue weighted by Gasteiger charge is -2.41. The molecule has 1 aliphatic rings. The summed E-state index contributed by atoms with van der Waals surface area (Å²) in [5.41, 5.74) is 5.94. The maximum Gasteiger partial charge on any atom is 0.0433 e. The standard InChI is InChI=1S/C11H21N3/c1-3-4-7-13-11(9-12)6-5-8-14(2)10-11/h1,13H,4-10,12H2,2H3. The average molecular weight is 195 g/mol. The monoisotopic (exact) mass is 195 g/mol. The Balaban J connectivity index is 2.44. The van der Waals surface area contributed by atoms with E-state index in [1.807, 2.05) is 0 Å². The van der Waals surface area contributed by atoms with Crippen LogP contribution in [0.25, 0.3) is 0 Å². The van der Waals surface area contributed by atoms with E-state index in [9.17, 15) is 0 Å². The molecule has 1 heterocycles. The van der Waals surface area contributed by atoms with Crippen LogP contribution in [-0.4, -0.2) is 43.7 Å². The fraction of sp³-hybridized carbons (Fsp3) is 0.818. The molecular formula is C11H21N3. The molecule has 0 amide bonds. The van der Waals surface area contributed by atoms with Gasteiger partial charge in [-0.15, -0.1) is 12.3 Å². The van der Waals surface area contributed by atoms with Crippen LogP contribution < -0.4 is 11.1 Å². The van der Waals surface area contributed by atoms with E-state index in [4.69, 9.17) is 12.2 Å². The highest BCUT2D eigenvalue weighted by molar-refractivity contribution is 4.96. The van der Waals surface area contributed by atoms with Gasteiger partial charge in [0.15, 0.2) is 0 Å². The molecule has 1 unspecified atom stereocenters. The molecule has 0 aromatic carbocycles. The van der Waals surface area contributed by atoms with Gasteiger partial charge in [0.05, 0.1) is 0 Å². The molecule has 3 N–H and O–H groups in total. The van der Waals surface area contributed by atoms with Gasteiger partial charge in [0.25, 0.3) is 0 Å². The zero-order valence-electron chi connectivity index (χ0n) is 9.05. The lowest BCUT2D eigenvalue weighted by atomic mass is 9.89. The summed E-state index contributed by atoms with van der Waals surface area (Å²) in [5, 5.41) is 3.51. The van der Waals surface area contributed by atoms with E-state index in [1.54, 1.807) is 0 Å². The van der Waals surface area contributed by atoms with Gasteiger partial charge in [-0.1, -0.05) is 0 Å². The topological polar surface area (TPSA) is 41.3 Å². The van der Waals surface area contributed by atoms with Crippen molar-refractivity contribution in [1.82, 2.24) is 10.2 Å². The highest BCUT2D eigenvalue weighted by atomic mass is 15.2. The quantitative estimate of drug-likeness (QED) is 0.491. The van der Waals surface area contributed by atoms with E-state index in [0.29, 0.717) is 6.54 Å². The summed E-state index contributed by atoms with van der Waals surface area (Å²) in [6.45, 7) is 3.79. The maximum atomic E-state index is 5.84. The highest BCUT2D eigenvalue weighted by Crippen LogP contribution is 2.18. The van der Waals surface area contributed by atoms with Crippen molar-refractivity contribution >= 4 is 0 Å². The summed E-state index contributed by atoms with van der Waals surface area (Å²) in [7, 11) is 2.15. The van der Waals surface area contributed by atoms with Gasteiger partial charge in [-0.3, -0.25) is 0 Å². The van der Waals surface area contributed by atoms with Gasteiger partial charge in [0.2, 0.25) is 0 Å². The SMILES string of the molecule is C#CCCNC1(CN)CCCN(C)C1. The highest BCUT2D eigenvalue weighted by Gasteiger charge is 2.31. The van der Waals surface area contributed by atoms with Gasteiger partial charge >= 0.3 is 0 Å². The van der Waals surface area contributed by atoms with Crippen molar-refractivity contribution in [3.05, 3.63) is 0 Å². The smallest absolute Gasteiger partial charge is 0.0433 e. The third-order valence-electron chi connectivity index (χ3n) is 2.93. The molecule has 14 heavy (non-hydrogen) atoms. The molecule has 3 heteroatoms. The number of nitrogens with one attached hydrogen (secondary N) is 1. The number of terminal acetylenes is 1. The Morgan fingerprint density at radius 1 is 1.64 bits per heavy atom. The van der Waals surface area contributed by atoms with Crippen molar-refractivity contribution < 1.29 is 0 Å². The molecule has 1 aliphatic heterocycles. The van der Waals surface area contributed by atoms with Crippen molar-refractivity contribution in [2.45, 2.75) is 24.8 Å². The van der Waals surface area contributed by atoms with Gasteiger partial charge < -0.3 is 16.0 Å². The number of rotatable bonds is 4. The van der Waals surface area contributed by atoms with Gasteiger partial charge in [-0.2, -0.15) is 0 Å². The van der Waals surface area contributed by atoms with Crippen molar-refractivity contribution in [2.75, 3.05) is 33.2 Å². The lowest BCUT2D eigenvalue weighted by Crippen LogP contribution is -2.60. The normalized spacial score (nSPS) is 28.6. The lowest BCUT2D eigenvalue weighted by molar-refractivity contribution is 0.151. The summed E-state index contributed by atoms with van der Waals surface area (Å²) < 4.78 is 0. The second kappa shape index (κ2) is 5.35. The molecule has 0 spiro atoms. The van der Waals surface area contributed by atoms with Crippen molar-refractivity contribution in [2.24, 2.45) is 5.73 Å². The average Bonchev–Trinajstić information content (AvgIpc) is 2.18. The first-order valence-electron chi connectivity index (χ1n) is 5.29. The van der Waals surface area contributed by atoms with E-state index in [2.05, 4.69) is 23.2 Å². The second-order valence-electron chi connectivity index (χ2n) is 4.21. The van der Waals surface area contributed by atoms with Crippen molar-refractivity contribution in [3.63, 3.8) is 0 Å². The molecule has 0 saturated carbocycles. The molecule has 1 fully saturated rings. The Hall–Kier alpha value is -0.560. The van der Waals surface area contributed by atoms with E-state index in [-0.39, 0.29) is 5.54 Å². The minimum Gasteiger partial charge on any atom is -0.329 e. The molecule has 3 nitrogen and oxygen atoms in total. The van der Waals surface area contributed by atoms with E-state index in [0.717, 1.165) is 19.5 Å². The molecule has 0 aromatic rings. The number of hydrogen-bond donors (Lipinski definition) is 2. The Bertz CT molecular complexity index is 209. The first kappa shape index (κ1) is 11.5. The van der Waals surface area contributed by atoms with Crippen LogP contribution in [0.2, 0.25) is 0 Å². The predicted molar refractivity (Wildman–Crippen MR) is 60.0 cm³/mol. The fourth-order valence-electron chi connectivity index (χ4n) is 2.15. The number of piperidine rings is 1. The molecular weight excluding hydrogens is 174 g/mol. The van der Waals surface area contributed by atoms with Gasteiger partial charge in [0, 0.05) is 31.6 Å². The minimum absolute atomic E-state index is 0.101. The van der Waals surface area contributed by atoms with Crippen LogP contribution in [0.1, 0.15) is 19.3 Å². The number of nitrogens with two attached hydrogens (primary N) is 1. The van der Waals surface area contributed by atoms with Crippen molar-refractivity contribution in [3.8, 4) is 12.3 Å². The molecule has 1 rings (SSSR count). The number of nitrogens with zero attached hydrogens (tertiary/aromatic N) is 1. The second-order valence-corrected chi connectivity index (χ2v) is 4.21. The van der Waals surface area contributed by atoms with E-state index < -0.39 is 0 Å². The Morgan fingerprint density at radius 2 is 2.43 bits per heavy atom. The van der Waals surface area contributed by atoms with Crippen LogP contribution >= 0.6 is 0 Å². The number of hydrogen-bond acceptors (Lipinski definition) is 3. The first-order chi connectivity index (χ1) is 6.72. The van der Waals surface area contributed by atoms with Crippen LogP contribution in [0.4, 0.5) is 0 Å². The summed E-state index contributed by atoms with van der Waals surface area (Å²) in [6, 6.07) is 0. The van der Waals surface area contributed by atoms with E-state index >= 15 is 0 Å². The van der Waals surface area contributed by atoms with Crippen LogP contribution in [0.3, 0.4) is 0 Å². The third-order valence-corrected chi connectivity index (χ3v) is 2.93. The summed E-state index contributed by atoms with van der Waals surface area (Å²) in [4.78, 5) is 2.33. The predicted octanol–water partition coefficient (Wildman–Crippen LogP) is 0.0224. The Kier molecular flexibility index (Phi) is 4.40. The summed E-state index contributed by atoms with van der Waals surface area (Å²) in [6.07, 6.45) is 8.39. The molecule has 0 aromatic heterocycles. The van der Waals surface area contributed by atoms with Crippen LogP contribution in [0, 0.1) is 12.3 Å². The minimum atomic E-state index is 0.101. The largest absolute Gasteiger partial charge is 0.329 e. The van der Waals surface area contributed by atoms with E-state index in [1.165, 1.54) is 19.4 Å². The summed E-state index contributed by atoms with van der Waals surface area (Å²) >= 11 is 0. The molecule has 0 radical (unpaired) electrons. The third kappa shape index (κ3) is 2.98. The van der Waals surface area contributed by atoms with Crippen molar-refractivity contribution in [1.29, 1.82) is 0 Å². The Labute approximate surface area is 87.0 Å². The zero-order chi connectivity index (χ0) is 10.4. The van der Waals surface area contributed by atoms with Crippen LogP contribution in [-0.2, 0) is 0 Å². The van der Waals surface area contributed by atoms with Gasteiger partial charge in [-0.05, 0) is 26.4 Å². The number of likely N-dealkylation sites (tertiary alicyclic amines) is 1. The number of likely N-dealkylation sites (N-methyl/N-ethyl adjacent to an activating group) is 1. The first-order valence-corrected chi connectivity index (χ1v) is 5.29. The molecule has 0 aliphatic carbocycles. The maximum absolute atomic E-state index is 5.84. The van der Waals surface area contributed by atoms with Crippen LogP contribution in [0.5, 0.6) is 0 Å². The van der Waals surface area contributed by atoms with Gasteiger partial charge in [-0.25, -0.2) is 0 Å². The Morgan fingerprint density at radius 3 is 3.00 bits per heavy atom. The molecule has 1 atom stereocenters. The van der Waals surface area contributed by atoms with Gasteiger partial charge in [0.1, 0.15) is 0 Å². The summed E-state index contributed by atoms with van der Waals surface area (Å²) in [5.74, 6) is 2.64. The molecule has 80 valence electrons. The zero-order valence-corrected chi connectivity index (χ0v) is 9.05. The molecule has 1 saturated heterocycles. The fourth-order valence-corrected chi connectivity index (χ4v) is 2.15. The van der Waals surface area contributed by atoms with Crippen LogP contribution in [0.15, 0.2) is 0 Å². The molecule has 0 bridgehead atoms.